The third kappa shape index (κ3) is 4.32. The van der Waals surface area contributed by atoms with Crippen LogP contribution in [-0.4, -0.2) is 6.54 Å². The van der Waals surface area contributed by atoms with Crippen molar-refractivity contribution in [3.8, 4) is 5.75 Å². The molecule has 0 unspecified atom stereocenters. The summed E-state index contributed by atoms with van der Waals surface area (Å²) in [6.07, 6.45) is 0. The highest BCUT2D eigenvalue weighted by Gasteiger charge is 2.06. The van der Waals surface area contributed by atoms with Crippen molar-refractivity contribution in [3.63, 3.8) is 0 Å². The summed E-state index contributed by atoms with van der Waals surface area (Å²) in [5, 5.41) is 3.19. The predicted octanol–water partition coefficient (Wildman–Crippen LogP) is 4.28. The Morgan fingerprint density at radius 2 is 2.05 bits per heavy atom. The van der Waals surface area contributed by atoms with Crippen molar-refractivity contribution >= 4 is 15.9 Å². The molecule has 0 aliphatic heterocycles. The fourth-order valence-corrected chi connectivity index (χ4v) is 2.32. The van der Waals surface area contributed by atoms with Crippen LogP contribution in [0, 0.1) is 5.82 Å². The van der Waals surface area contributed by atoms with Crippen LogP contribution in [0.4, 0.5) is 4.39 Å². The number of hydrogen-bond donors (Lipinski definition) is 1. The Kier molecular flexibility index (Phi) is 5.56. The molecule has 2 aromatic carbocycles. The molecule has 2 aromatic rings. The first-order valence-corrected chi connectivity index (χ1v) is 7.34. The summed E-state index contributed by atoms with van der Waals surface area (Å²) in [6, 6.07) is 12.6. The lowest BCUT2D eigenvalue weighted by atomic mass is 10.2. The van der Waals surface area contributed by atoms with E-state index in [-0.39, 0.29) is 5.82 Å². The van der Waals surface area contributed by atoms with Gasteiger partial charge in [0.15, 0.2) is 0 Å². The highest BCUT2D eigenvalue weighted by atomic mass is 79.9. The van der Waals surface area contributed by atoms with Crippen molar-refractivity contribution < 1.29 is 9.13 Å². The van der Waals surface area contributed by atoms with Crippen molar-refractivity contribution in [2.45, 2.75) is 20.1 Å². The van der Waals surface area contributed by atoms with Crippen molar-refractivity contribution in [1.82, 2.24) is 5.32 Å². The van der Waals surface area contributed by atoms with Crippen molar-refractivity contribution in [3.05, 3.63) is 63.9 Å². The molecule has 0 amide bonds. The zero-order valence-electron chi connectivity index (χ0n) is 11.3. The monoisotopic (exact) mass is 337 g/mol. The van der Waals surface area contributed by atoms with Gasteiger partial charge in [-0.1, -0.05) is 35.0 Å². The molecule has 106 valence electrons. The Hall–Kier alpha value is -1.39. The van der Waals surface area contributed by atoms with Crippen LogP contribution in [-0.2, 0) is 13.2 Å². The van der Waals surface area contributed by atoms with Crippen LogP contribution >= 0.6 is 15.9 Å². The molecule has 0 radical (unpaired) electrons. The Morgan fingerprint density at radius 3 is 2.80 bits per heavy atom. The number of rotatable bonds is 6. The summed E-state index contributed by atoms with van der Waals surface area (Å²) in [4.78, 5) is 0. The van der Waals surface area contributed by atoms with Crippen LogP contribution in [0.1, 0.15) is 18.1 Å². The van der Waals surface area contributed by atoms with Gasteiger partial charge < -0.3 is 10.1 Å². The van der Waals surface area contributed by atoms with E-state index in [1.165, 1.54) is 12.1 Å². The molecule has 0 spiro atoms. The lowest BCUT2D eigenvalue weighted by Gasteiger charge is -2.12. The minimum absolute atomic E-state index is 0.243. The molecule has 0 fully saturated rings. The van der Waals surface area contributed by atoms with E-state index >= 15 is 0 Å². The van der Waals surface area contributed by atoms with Crippen LogP contribution in [0.25, 0.3) is 0 Å². The zero-order chi connectivity index (χ0) is 14.4. The molecular formula is C16H17BrFNO. The van der Waals surface area contributed by atoms with Gasteiger partial charge in [0.25, 0.3) is 0 Å². The number of ether oxygens (including phenoxy) is 1. The molecule has 0 saturated carbocycles. The standard InChI is InChI=1S/C16H17BrFNO/c1-2-19-10-13-9-15(18)6-7-16(13)20-11-12-4-3-5-14(17)8-12/h3-9,19H,2,10-11H2,1H3. The lowest BCUT2D eigenvalue weighted by Crippen LogP contribution is -2.13. The number of benzene rings is 2. The van der Waals surface area contributed by atoms with E-state index in [0.717, 1.165) is 22.1 Å². The average molecular weight is 338 g/mol. The molecular weight excluding hydrogens is 321 g/mol. The highest BCUT2D eigenvalue weighted by molar-refractivity contribution is 9.10. The quantitative estimate of drug-likeness (QED) is 0.849. The van der Waals surface area contributed by atoms with E-state index in [4.69, 9.17) is 4.74 Å². The number of hydrogen-bond acceptors (Lipinski definition) is 2. The molecule has 20 heavy (non-hydrogen) atoms. The lowest BCUT2D eigenvalue weighted by molar-refractivity contribution is 0.301. The first-order valence-electron chi connectivity index (χ1n) is 6.55. The van der Waals surface area contributed by atoms with Gasteiger partial charge in [-0.25, -0.2) is 4.39 Å². The van der Waals surface area contributed by atoms with Crippen LogP contribution in [0.15, 0.2) is 46.9 Å². The smallest absolute Gasteiger partial charge is 0.124 e. The molecule has 0 aliphatic rings. The maximum Gasteiger partial charge on any atom is 0.124 e. The average Bonchev–Trinajstić information content (AvgIpc) is 2.44. The zero-order valence-corrected chi connectivity index (χ0v) is 12.9. The highest BCUT2D eigenvalue weighted by Crippen LogP contribution is 2.21. The van der Waals surface area contributed by atoms with Crippen LogP contribution < -0.4 is 10.1 Å². The fourth-order valence-electron chi connectivity index (χ4n) is 1.87. The van der Waals surface area contributed by atoms with E-state index in [2.05, 4.69) is 21.2 Å². The molecule has 0 atom stereocenters. The van der Waals surface area contributed by atoms with Crippen molar-refractivity contribution in [1.29, 1.82) is 0 Å². The second-order valence-corrected chi connectivity index (χ2v) is 5.37. The van der Waals surface area contributed by atoms with Gasteiger partial charge in [-0.15, -0.1) is 0 Å². The van der Waals surface area contributed by atoms with Gasteiger partial charge in [0.1, 0.15) is 18.2 Å². The fraction of sp³-hybridized carbons (Fsp3) is 0.250. The molecule has 2 nitrogen and oxygen atoms in total. The molecule has 4 heteroatoms. The third-order valence-electron chi connectivity index (χ3n) is 2.87. The maximum absolute atomic E-state index is 13.3. The summed E-state index contributed by atoms with van der Waals surface area (Å²) in [7, 11) is 0. The number of nitrogens with one attached hydrogen (secondary N) is 1. The van der Waals surface area contributed by atoms with Crippen molar-refractivity contribution in [2.75, 3.05) is 6.54 Å². The topological polar surface area (TPSA) is 21.3 Å². The van der Waals surface area contributed by atoms with Crippen molar-refractivity contribution in [2.24, 2.45) is 0 Å². The van der Waals surface area contributed by atoms with Gasteiger partial charge in [-0.2, -0.15) is 0 Å². The molecule has 0 bridgehead atoms. The summed E-state index contributed by atoms with van der Waals surface area (Å²) in [5.41, 5.74) is 1.90. The van der Waals surface area contributed by atoms with Crippen LogP contribution in [0.3, 0.4) is 0 Å². The van der Waals surface area contributed by atoms with E-state index < -0.39 is 0 Å². The second kappa shape index (κ2) is 7.41. The maximum atomic E-state index is 13.3. The van der Waals surface area contributed by atoms with E-state index in [1.807, 2.05) is 31.2 Å². The van der Waals surface area contributed by atoms with Gasteiger partial charge in [0.05, 0.1) is 0 Å². The summed E-state index contributed by atoms with van der Waals surface area (Å²) in [5.74, 6) is 0.472. The molecule has 1 N–H and O–H groups in total. The largest absolute Gasteiger partial charge is 0.489 e. The molecule has 0 saturated heterocycles. The number of halogens is 2. The molecule has 0 aliphatic carbocycles. The first kappa shape index (κ1) is 15.0. The molecule has 2 rings (SSSR count). The summed E-state index contributed by atoms with van der Waals surface area (Å²) >= 11 is 3.43. The Balaban J connectivity index is 2.08. The Labute approximate surface area is 127 Å². The van der Waals surface area contributed by atoms with Crippen LogP contribution in [0.2, 0.25) is 0 Å². The van der Waals surface area contributed by atoms with E-state index in [9.17, 15) is 4.39 Å². The van der Waals surface area contributed by atoms with Crippen LogP contribution in [0.5, 0.6) is 5.75 Å². The van der Waals surface area contributed by atoms with Gasteiger partial charge in [-0.05, 0) is 42.4 Å². The van der Waals surface area contributed by atoms with E-state index in [1.54, 1.807) is 6.07 Å². The van der Waals surface area contributed by atoms with Gasteiger partial charge in [-0.3, -0.25) is 0 Å². The van der Waals surface area contributed by atoms with Gasteiger partial charge >= 0.3 is 0 Å². The van der Waals surface area contributed by atoms with Gasteiger partial charge in [0.2, 0.25) is 0 Å². The minimum Gasteiger partial charge on any atom is -0.489 e. The third-order valence-corrected chi connectivity index (χ3v) is 3.36. The summed E-state index contributed by atoms with van der Waals surface area (Å²) in [6.45, 7) is 3.91. The first-order chi connectivity index (χ1) is 9.69. The Bertz CT molecular complexity index is 574. The normalized spacial score (nSPS) is 10.6. The second-order valence-electron chi connectivity index (χ2n) is 4.45. The minimum atomic E-state index is -0.243. The SMILES string of the molecule is CCNCc1cc(F)ccc1OCc1cccc(Br)c1. The Morgan fingerprint density at radius 1 is 1.20 bits per heavy atom. The van der Waals surface area contributed by atoms with E-state index in [0.29, 0.717) is 18.9 Å². The van der Waals surface area contributed by atoms with Gasteiger partial charge in [0, 0.05) is 16.6 Å². The molecule has 0 heterocycles. The molecule has 0 aromatic heterocycles. The predicted molar refractivity (Wildman–Crippen MR) is 82.3 cm³/mol. The summed E-state index contributed by atoms with van der Waals surface area (Å²) < 4.78 is 20.1.